The van der Waals surface area contributed by atoms with Crippen molar-refractivity contribution in [1.82, 2.24) is 15.1 Å². The second kappa shape index (κ2) is 8.07. The predicted molar refractivity (Wildman–Crippen MR) is 111 cm³/mol. The van der Waals surface area contributed by atoms with E-state index in [1.807, 2.05) is 23.1 Å². The highest BCUT2D eigenvalue weighted by Gasteiger charge is 2.25. The fourth-order valence-corrected chi connectivity index (χ4v) is 3.67. The first kappa shape index (κ1) is 18.6. The third kappa shape index (κ3) is 4.04. The average molecular weight is 377 g/mol. The molecule has 2 amide bonds. The van der Waals surface area contributed by atoms with Gasteiger partial charge in [-0.2, -0.15) is 0 Å². The maximum atomic E-state index is 12.7. The van der Waals surface area contributed by atoms with Gasteiger partial charge in [0.1, 0.15) is 11.3 Å². The highest BCUT2D eigenvalue weighted by atomic mass is 16.3. The number of nitrogens with zero attached hydrogens (tertiary/aromatic N) is 2. The first-order valence-electron chi connectivity index (χ1n) is 9.85. The Morgan fingerprint density at radius 3 is 2.64 bits per heavy atom. The summed E-state index contributed by atoms with van der Waals surface area (Å²) in [6, 6.07) is 16.5. The number of amides is 2. The molecular formula is C23H27N3O2. The highest BCUT2D eigenvalue weighted by Crippen LogP contribution is 2.30. The minimum atomic E-state index is -0.0207. The number of carbonyl (C=O) groups is 1. The number of benzene rings is 2. The van der Waals surface area contributed by atoms with Crippen molar-refractivity contribution in [2.24, 2.45) is 0 Å². The van der Waals surface area contributed by atoms with Crippen LogP contribution in [0.5, 0.6) is 0 Å². The van der Waals surface area contributed by atoms with Crippen molar-refractivity contribution in [1.29, 1.82) is 0 Å². The van der Waals surface area contributed by atoms with E-state index in [4.69, 9.17) is 4.42 Å². The van der Waals surface area contributed by atoms with E-state index < -0.39 is 0 Å². The molecule has 28 heavy (non-hydrogen) atoms. The van der Waals surface area contributed by atoms with Gasteiger partial charge in [0.15, 0.2) is 0 Å². The normalized spacial score (nSPS) is 13.8. The minimum absolute atomic E-state index is 0.0207. The van der Waals surface area contributed by atoms with Crippen molar-refractivity contribution < 1.29 is 9.21 Å². The van der Waals surface area contributed by atoms with E-state index in [0.717, 1.165) is 47.2 Å². The van der Waals surface area contributed by atoms with Crippen LogP contribution in [-0.2, 0) is 25.9 Å². The molecule has 2 heterocycles. The fraction of sp³-hybridized carbons (Fsp3) is 0.348. The lowest BCUT2D eigenvalue weighted by atomic mass is 10.1. The first-order chi connectivity index (χ1) is 13.6. The van der Waals surface area contributed by atoms with Crippen molar-refractivity contribution >= 4 is 17.0 Å². The Balaban J connectivity index is 1.34. The van der Waals surface area contributed by atoms with E-state index >= 15 is 0 Å². The van der Waals surface area contributed by atoms with E-state index in [1.54, 1.807) is 0 Å². The summed E-state index contributed by atoms with van der Waals surface area (Å²) in [5.41, 5.74) is 4.49. The van der Waals surface area contributed by atoms with Crippen LogP contribution in [0.3, 0.4) is 0 Å². The van der Waals surface area contributed by atoms with Gasteiger partial charge in [-0.3, -0.25) is 0 Å². The molecule has 0 radical (unpaired) electrons. The van der Waals surface area contributed by atoms with Gasteiger partial charge in [-0.25, -0.2) is 4.79 Å². The molecule has 1 N–H and O–H groups in total. The molecule has 1 aliphatic rings. The summed E-state index contributed by atoms with van der Waals surface area (Å²) >= 11 is 0. The number of fused-ring (bicyclic) bond motifs is 3. The van der Waals surface area contributed by atoms with E-state index in [0.29, 0.717) is 19.6 Å². The zero-order chi connectivity index (χ0) is 19.5. The molecule has 2 aromatic carbocycles. The fourth-order valence-electron chi connectivity index (χ4n) is 3.67. The van der Waals surface area contributed by atoms with Crippen LogP contribution in [0.1, 0.15) is 22.5 Å². The zero-order valence-electron chi connectivity index (χ0n) is 16.6. The summed E-state index contributed by atoms with van der Waals surface area (Å²) in [5.74, 6) is 1.01. The van der Waals surface area contributed by atoms with Gasteiger partial charge in [-0.1, -0.05) is 42.5 Å². The van der Waals surface area contributed by atoms with E-state index in [-0.39, 0.29) is 6.03 Å². The molecule has 0 aliphatic carbocycles. The van der Waals surface area contributed by atoms with Crippen LogP contribution < -0.4 is 5.32 Å². The van der Waals surface area contributed by atoms with Gasteiger partial charge in [-0.15, -0.1) is 0 Å². The van der Waals surface area contributed by atoms with Crippen molar-refractivity contribution in [3.8, 4) is 0 Å². The van der Waals surface area contributed by atoms with Crippen molar-refractivity contribution in [3.05, 3.63) is 71.0 Å². The Kier molecular flexibility index (Phi) is 5.35. The summed E-state index contributed by atoms with van der Waals surface area (Å²) in [5, 5.41) is 4.17. The number of rotatable bonds is 5. The van der Waals surface area contributed by atoms with Gasteiger partial charge in [0, 0.05) is 37.0 Å². The number of likely N-dealkylation sites (N-methyl/N-ethyl adjacent to an activating group) is 1. The molecule has 0 fully saturated rings. The molecule has 3 aromatic rings. The molecule has 0 atom stereocenters. The standard InChI is InChI=1S/C23H27N3O2/c1-25(2)13-11-17-7-9-18(10-8-17)15-24-23(27)26-14-12-22-20(16-26)19-5-3-4-6-21(19)28-22/h3-10H,11-16H2,1-2H3,(H,24,27). The number of hydrogen-bond acceptors (Lipinski definition) is 3. The van der Waals surface area contributed by atoms with Crippen LogP contribution in [0, 0.1) is 0 Å². The number of para-hydroxylation sites is 1. The number of furan rings is 1. The molecule has 4 rings (SSSR count). The molecule has 0 bridgehead atoms. The van der Waals surface area contributed by atoms with Gasteiger partial charge in [0.05, 0.1) is 6.54 Å². The summed E-state index contributed by atoms with van der Waals surface area (Å²) in [6.07, 6.45) is 1.80. The van der Waals surface area contributed by atoms with E-state index in [2.05, 4.69) is 54.6 Å². The number of hydrogen-bond donors (Lipinski definition) is 1. The molecule has 1 aliphatic heterocycles. The lowest BCUT2D eigenvalue weighted by Gasteiger charge is -2.26. The topological polar surface area (TPSA) is 48.7 Å². The maximum Gasteiger partial charge on any atom is 0.317 e. The van der Waals surface area contributed by atoms with E-state index in [1.165, 1.54) is 5.56 Å². The SMILES string of the molecule is CN(C)CCc1ccc(CNC(=O)N2CCc3oc4ccccc4c3C2)cc1. The summed E-state index contributed by atoms with van der Waals surface area (Å²) in [7, 11) is 4.17. The largest absolute Gasteiger partial charge is 0.461 e. The first-order valence-corrected chi connectivity index (χ1v) is 9.85. The minimum Gasteiger partial charge on any atom is -0.461 e. The molecule has 0 unspecified atom stereocenters. The van der Waals surface area contributed by atoms with Gasteiger partial charge in [0.25, 0.3) is 0 Å². The smallest absolute Gasteiger partial charge is 0.317 e. The molecule has 0 saturated carbocycles. The molecule has 0 saturated heterocycles. The lowest BCUT2D eigenvalue weighted by molar-refractivity contribution is 0.190. The number of carbonyl (C=O) groups excluding carboxylic acids is 1. The number of nitrogens with one attached hydrogen (secondary N) is 1. The van der Waals surface area contributed by atoms with Crippen molar-refractivity contribution in [2.75, 3.05) is 27.2 Å². The summed E-state index contributed by atoms with van der Waals surface area (Å²) in [6.45, 7) is 2.86. The Labute approximate surface area is 165 Å². The maximum absolute atomic E-state index is 12.7. The van der Waals surface area contributed by atoms with Gasteiger partial charge < -0.3 is 19.5 Å². The number of urea groups is 1. The quantitative estimate of drug-likeness (QED) is 0.736. The Bertz CT molecular complexity index is 960. The molecule has 5 nitrogen and oxygen atoms in total. The Morgan fingerprint density at radius 1 is 1.11 bits per heavy atom. The average Bonchev–Trinajstić information content (AvgIpc) is 3.09. The molecule has 0 spiro atoms. The summed E-state index contributed by atoms with van der Waals surface area (Å²) < 4.78 is 5.93. The molecule has 1 aromatic heterocycles. The Hall–Kier alpha value is -2.79. The van der Waals surface area contributed by atoms with Crippen molar-refractivity contribution in [2.45, 2.75) is 25.9 Å². The van der Waals surface area contributed by atoms with Crippen LogP contribution in [0.4, 0.5) is 4.79 Å². The summed E-state index contributed by atoms with van der Waals surface area (Å²) in [4.78, 5) is 16.7. The third-order valence-corrected chi connectivity index (χ3v) is 5.34. The third-order valence-electron chi connectivity index (χ3n) is 5.34. The van der Waals surface area contributed by atoms with Gasteiger partial charge in [-0.05, 0) is 37.7 Å². The Morgan fingerprint density at radius 2 is 1.86 bits per heavy atom. The lowest BCUT2D eigenvalue weighted by Crippen LogP contribution is -2.42. The van der Waals surface area contributed by atoms with Crippen LogP contribution in [0.2, 0.25) is 0 Å². The van der Waals surface area contributed by atoms with Crippen LogP contribution in [0.25, 0.3) is 11.0 Å². The second-order valence-electron chi connectivity index (χ2n) is 7.70. The van der Waals surface area contributed by atoms with E-state index in [9.17, 15) is 4.79 Å². The molecule has 5 heteroatoms. The highest BCUT2D eigenvalue weighted by molar-refractivity contribution is 5.83. The predicted octanol–water partition coefficient (Wildman–Crippen LogP) is 3.80. The van der Waals surface area contributed by atoms with Crippen molar-refractivity contribution in [3.63, 3.8) is 0 Å². The monoisotopic (exact) mass is 377 g/mol. The second-order valence-corrected chi connectivity index (χ2v) is 7.70. The zero-order valence-corrected chi connectivity index (χ0v) is 16.6. The molecular weight excluding hydrogens is 350 g/mol. The van der Waals surface area contributed by atoms with Crippen LogP contribution >= 0.6 is 0 Å². The van der Waals surface area contributed by atoms with Gasteiger partial charge in [0.2, 0.25) is 0 Å². The van der Waals surface area contributed by atoms with Crippen LogP contribution in [0.15, 0.2) is 52.9 Å². The van der Waals surface area contributed by atoms with Gasteiger partial charge >= 0.3 is 6.03 Å². The molecule has 146 valence electrons. The van der Waals surface area contributed by atoms with Crippen LogP contribution in [-0.4, -0.2) is 43.0 Å².